The fourth-order valence-electron chi connectivity index (χ4n) is 2.82. The zero-order valence-electron chi connectivity index (χ0n) is 9.87. The van der Waals surface area contributed by atoms with Crippen molar-refractivity contribution in [3.8, 4) is 0 Å². The predicted octanol–water partition coefficient (Wildman–Crippen LogP) is 1.53. The van der Waals surface area contributed by atoms with Crippen LogP contribution in [-0.2, 0) is 11.2 Å². The molecule has 0 bridgehead atoms. The second kappa shape index (κ2) is 4.53. The molecule has 0 radical (unpaired) electrons. The minimum Gasteiger partial charge on any atom is -0.469 e. The Balaban J connectivity index is 1.65. The van der Waals surface area contributed by atoms with Gasteiger partial charge in [0.15, 0.2) is 0 Å². The molecule has 2 unspecified atom stereocenters. The number of furan rings is 1. The summed E-state index contributed by atoms with van der Waals surface area (Å²) in [5.41, 5.74) is 1.31. The third kappa shape index (κ3) is 2.22. The van der Waals surface area contributed by atoms with Crippen LogP contribution < -0.4 is 10.6 Å². The van der Waals surface area contributed by atoms with E-state index in [1.54, 1.807) is 6.26 Å². The summed E-state index contributed by atoms with van der Waals surface area (Å²) in [7, 11) is 0. The Morgan fingerprint density at radius 1 is 1.35 bits per heavy atom. The summed E-state index contributed by atoms with van der Waals surface area (Å²) >= 11 is 0. The molecule has 0 aromatic carbocycles. The van der Waals surface area contributed by atoms with Crippen LogP contribution in [0.15, 0.2) is 16.7 Å². The van der Waals surface area contributed by atoms with E-state index >= 15 is 0 Å². The van der Waals surface area contributed by atoms with Crippen molar-refractivity contribution in [2.75, 3.05) is 6.54 Å². The lowest BCUT2D eigenvalue weighted by Crippen LogP contribution is -2.47. The molecule has 2 heterocycles. The van der Waals surface area contributed by atoms with Gasteiger partial charge in [0.1, 0.15) is 5.76 Å². The van der Waals surface area contributed by atoms with E-state index in [0.29, 0.717) is 18.5 Å². The molecule has 2 aliphatic rings. The number of aryl methyl sites for hydroxylation is 1. The molecule has 1 fully saturated rings. The molecule has 1 aliphatic carbocycles. The summed E-state index contributed by atoms with van der Waals surface area (Å²) in [6.07, 6.45) is 6.77. The van der Waals surface area contributed by atoms with Crippen LogP contribution >= 0.6 is 0 Å². The molecule has 0 spiro atoms. The van der Waals surface area contributed by atoms with E-state index in [1.807, 2.05) is 0 Å². The van der Waals surface area contributed by atoms with Crippen LogP contribution in [0.2, 0.25) is 0 Å². The molecule has 2 atom stereocenters. The zero-order chi connectivity index (χ0) is 11.7. The smallest absolute Gasteiger partial charge is 0.220 e. The quantitative estimate of drug-likeness (QED) is 0.816. The molecule has 1 aliphatic heterocycles. The van der Waals surface area contributed by atoms with Crippen molar-refractivity contribution in [2.45, 2.75) is 44.2 Å². The van der Waals surface area contributed by atoms with Crippen LogP contribution in [0.25, 0.3) is 0 Å². The third-order valence-electron chi connectivity index (χ3n) is 3.75. The number of rotatable bonds is 2. The molecule has 0 saturated carbocycles. The molecule has 1 saturated heterocycles. The Morgan fingerprint density at radius 3 is 3.12 bits per heavy atom. The highest BCUT2D eigenvalue weighted by Gasteiger charge is 2.26. The van der Waals surface area contributed by atoms with E-state index in [2.05, 4.69) is 16.7 Å². The van der Waals surface area contributed by atoms with Crippen molar-refractivity contribution in [1.82, 2.24) is 10.6 Å². The van der Waals surface area contributed by atoms with Gasteiger partial charge < -0.3 is 15.1 Å². The first-order valence-electron chi connectivity index (χ1n) is 6.42. The molecule has 17 heavy (non-hydrogen) atoms. The Bertz CT molecular complexity index is 403. The number of nitrogens with one attached hydrogen (secondary N) is 2. The molecule has 1 aromatic heterocycles. The standard InChI is InChI=1S/C13H18N2O2/c16-13-5-4-9(8-14-13)15-11-2-1-3-12-10(11)6-7-17-12/h6-7,9,11,15H,1-5,8H2,(H,14,16). The van der Waals surface area contributed by atoms with Crippen LogP contribution in [0, 0.1) is 0 Å². The van der Waals surface area contributed by atoms with Gasteiger partial charge in [-0.1, -0.05) is 0 Å². The number of carbonyl (C=O) groups excluding carboxylic acids is 1. The van der Waals surface area contributed by atoms with Gasteiger partial charge in [-0.2, -0.15) is 0 Å². The van der Waals surface area contributed by atoms with Crippen LogP contribution in [-0.4, -0.2) is 18.5 Å². The Kier molecular flexibility index (Phi) is 2.89. The number of piperidine rings is 1. The van der Waals surface area contributed by atoms with Crippen molar-refractivity contribution in [3.63, 3.8) is 0 Å². The largest absolute Gasteiger partial charge is 0.469 e. The van der Waals surface area contributed by atoms with Crippen LogP contribution in [0.1, 0.15) is 43.0 Å². The fraction of sp³-hybridized carbons (Fsp3) is 0.615. The Morgan fingerprint density at radius 2 is 2.29 bits per heavy atom. The number of carbonyl (C=O) groups is 1. The van der Waals surface area contributed by atoms with Gasteiger partial charge in [0.25, 0.3) is 0 Å². The summed E-state index contributed by atoms with van der Waals surface area (Å²) < 4.78 is 5.48. The number of hydrogen-bond acceptors (Lipinski definition) is 3. The van der Waals surface area contributed by atoms with E-state index in [0.717, 1.165) is 31.6 Å². The molecule has 4 nitrogen and oxygen atoms in total. The van der Waals surface area contributed by atoms with Crippen molar-refractivity contribution in [2.24, 2.45) is 0 Å². The van der Waals surface area contributed by atoms with Crippen molar-refractivity contribution >= 4 is 5.91 Å². The lowest BCUT2D eigenvalue weighted by molar-refractivity contribution is -0.122. The first-order valence-corrected chi connectivity index (χ1v) is 6.42. The van der Waals surface area contributed by atoms with E-state index in [9.17, 15) is 4.79 Å². The van der Waals surface area contributed by atoms with Gasteiger partial charge >= 0.3 is 0 Å². The monoisotopic (exact) mass is 234 g/mol. The van der Waals surface area contributed by atoms with Crippen molar-refractivity contribution in [1.29, 1.82) is 0 Å². The number of amides is 1. The summed E-state index contributed by atoms with van der Waals surface area (Å²) in [6, 6.07) is 2.88. The normalized spacial score (nSPS) is 28.6. The summed E-state index contributed by atoms with van der Waals surface area (Å²) in [6.45, 7) is 0.752. The maximum absolute atomic E-state index is 11.1. The minimum absolute atomic E-state index is 0.177. The van der Waals surface area contributed by atoms with Gasteiger partial charge in [-0.15, -0.1) is 0 Å². The first-order chi connectivity index (χ1) is 8.33. The summed E-state index contributed by atoms with van der Waals surface area (Å²) in [5, 5.41) is 6.56. The van der Waals surface area contributed by atoms with Crippen molar-refractivity contribution in [3.05, 3.63) is 23.7 Å². The second-order valence-corrected chi connectivity index (χ2v) is 4.95. The molecule has 2 N–H and O–H groups in total. The molecular weight excluding hydrogens is 216 g/mol. The lowest BCUT2D eigenvalue weighted by Gasteiger charge is -2.30. The van der Waals surface area contributed by atoms with Gasteiger partial charge in [-0.05, 0) is 25.3 Å². The average Bonchev–Trinajstić information content (AvgIpc) is 2.81. The molecular formula is C13H18N2O2. The maximum atomic E-state index is 11.1. The predicted molar refractivity (Wildman–Crippen MR) is 63.6 cm³/mol. The van der Waals surface area contributed by atoms with Gasteiger partial charge in [0.2, 0.25) is 5.91 Å². The molecule has 92 valence electrons. The minimum atomic E-state index is 0.177. The Labute approximate surface area is 101 Å². The van der Waals surface area contributed by atoms with E-state index in [1.165, 1.54) is 12.0 Å². The van der Waals surface area contributed by atoms with Gasteiger partial charge in [-0.25, -0.2) is 0 Å². The van der Waals surface area contributed by atoms with Crippen LogP contribution in [0.4, 0.5) is 0 Å². The van der Waals surface area contributed by atoms with Crippen LogP contribution in [0.3, 0.4) is 0 Å². The molecule has 1 aromatic rings. The first kappa shape index (κ1) is 10.8. The number of hydrogen-bond donors (Lipinski definition) is 2. The van der Waals surface area contributed by atoms with Gasteiger partial charge in [0, 0.05) is 37.0 Å². The highest BCUT2D eigenvalue weighted by molar-refractivity contribution is 5.76. The molecule has 3 rings (SSSR count). The maximum Gasteiger partial charge on any atom is 0.220 e. The highest BCUT2D eigenvalue weighted by atomic mass is 16.3. The average molecular weight is 234 g/mol. The fourth-order valence-corrected chi connectivity index (χ4v) is 2.82. The van der Waals surface area contributed by atoms with E-state index in [4.69, 9.17) is 4.42 Å². The summed E-state index contributed by atoms with van der Waals surface area (Å²) in [5.74, 6) is 1.31. The highest BCUT2D eigenvalue weighted by Crippen LogP contribution is 2.31. The Hall–Kier alpha value is -1.29. The SMILES string of the molecule is O=C1CCC(NC2CCCc3occc32)CN1. The molecule has 4 heteroatoms. The third-order valence-corrected chi connectivity index (χ3v) is 3.75. The van der Waals surface area contributed by atoms with E-state index < -0.39 is 0 Å². The summed E-state index contributed by atoms with van der Waals surface area (Å²) in [4.78, 5) is 11.1. The molecule has 1 amide bonds. The van der Waals surface area contributed by atoms with Crippen molar-refractivity contribution < 1.29 is 9.21 Å². The van der Waals surface area contributed by atoms with Crippen LogP contribution in [0.5, 0.6) is 0 Å². The number of fused-ring (bicyclic) bond motifs is 1. The van der Waals surface area contributed by atoms with Gasteiger partial charge in [-0.3, -0.25) is 4.79 Å². The van der Waals surface area contributed by atoms with Gasteiger partial charge in [0.05, 0.1) is 6.26 Å². The second-order valence-electron chi connectivity index (χ2n) is 4.95. The lowest BCUT2D eigenvalue weighted by atomic mass is 9.92. The van der Waals surface area contributed by atoms with E-state index in [-0.39, 0.29) is 5.91 Å². The zero-order valence-corrected chi connectivity index (χ0v) is 9.87. The topological polar surface area (TPSA) is 54.3 Å².